The number of carbonyl (C=O) groups is 1. The van der Waals surface area contributed by atoms with Gasteiger partial charge in [0.2, 0.25) is 0 Å². The molecule has 0 aromatic heterocycles. The number of rotatable bonds is 7. The van der Waals surface area contributed by atoms with Crippen molar-refractivity contribution in [3.8, 4) is 5.75 Å². The largest absolute Gasteiger partial charge is 0.489 e. The van der Waals surface area contributed by atoms with Crippen LogP contribution < -0.4 is 10.1 Å². The molecule has 0 heterocycles. The van der Waals surface area contributed by atoms with Gasteiger partial charge in [-0.1, -0.05) is 32.1 Å². The summed E-state index contributed by atoms with van der Waals surface area (Å²) >= 11 is 0. The number of ketones is 1. The number of hydrogen-bond donors (Lipinski definition) is 1. The van der Waals surface area contributed by atoms with Crippen LogP contribution in [0.15, 0.2) is 30.3 Å². The average Bonchev–Trinajstić information content (AvgIpc) is 2.34. The Bertz CT molecular complexity index is 438. The highest BCUT2D eigenvalue weighted by Crippen LogP contribution is 2.16. The summed E-state index contributed by atoms with van der Waals surface area (Å²) in [6.45, 7) is 8.61. The second-order valence-corrected chi connectivity index (χ2v) is 5.01. The molecule has 0 aliphatic rings. The van der Waals surface area contributed by atoms with Crippen LogP contribution in [0, 0.1) is 0 Å². The summed E-state index contributed by atoms with van der Waals surface area (Å²) in [7, 11) is 0. The molecule has 1 N–H and O–H groups in total. The van der Waals surface area contributed by atoms with Gasteiger partial charge >= 0.3 is 0 Å². The maximum atomic E-state index is 10.9. The molecule has 0 bridgehead atoms. The van der Waals surface area contributed by atoms with E-state index in [1.165, 1.54) is 6.92 Å². The highest BCUT2D eigenvalue weighted by Gasteiger charge is 2.04. The van der Waals surface area contributed by atoms with E-state index in [9.17, 15) is 4.79 Å². The van der Waals surface area contributed by atoms with Crippen molar-refractivity contribution in [1.29, 1.82) is 0 Å². The Hall–Kier alpha value is -1.61. The lowest BCUT2D eigenvalue weighted by molar-refractivity contribution is -0.112. The minimum atomic E-state index is 0.0424. The smallest absolute Gasteiger partial charge is 0.152 e. The van der Waals surface area contributed by atoms with Gasteiger partial charge in [-0.15, -0.1) is 0 Å². The molecule has 0 fully saturated rings. The predicted octanol–water partition coefficient (Wildman–Crippen LogP) is 3.05. The van der Waals surface area contributed by atoms with Gasteiger partial charge in [-0.25, -0.2) is 0 Å². The van der Waals surface area contributed by atoms with Crippen molar-refractivity contribution in [2.75, 3.05) is 6.54 Å². The lowest BCUT2D eigenvalue weighted by atomic mass is 10.2. The second-order valence-electron chi connectivity index (χ2n) is 5.01. The van der Waals surface area contributed by atoms with Gasteiger partial charge < -0.3 is 10.1 Å². The van der Waals surface area contributed by atoms with Crippen molar-refractivity contribution in [2.24, 2.45) is 0 Å². The molecule has 3 nitrogen and oxygen atoms in total. The highest BCUT2D eigenvalue weighted by molar-refractivity contribution is 5.91. The molecule has 3 heteroatoms. The fraction of sp³-hybridized carbons (Fsp3) is 0.438. The van der Waals surface area contributed by atoms with Crippen LogP contribution in [-0.4, -0.2) is 24.5 Å². The van der Waals surface area contributed by atoms with Crippen molar-refractivity contribution in [2.45, 2.75) is 39.8 Å². The molecule has 0 saturated heterocycles. The molecule has 0 saturated carbocycles. The van der Waals surface area contributed by atoms with E-state index in [1.807, 2.05) is 31.2 Å². The Labute approximate surface area is 115 Å². The summed E-state index contributed by atoms with van der Waals surface area (Å²) in [4.78, 5) is 10.9. The Balaban J connectivity index is 2.59. The minimum Gasteiger partial charge on any atom is -0.489 e. The maximum absolute atomic E-state index is 10.9. The normalized spacial score (nSPS) is 12.9. The summed E-state index contributed by atoms with van der Waals surface area (Å²) in [6, 6.07) is 8.19. The van der Waals surface area contributed by atoms with E-state index in [-0.39, 0.29) is 11.9 Å². The zero-order valence-corrected chi connectivity index (χ0v) is 12.1. The minimum absolute atomic E-state index is 0.0424. The Morgan fingerprint density at radius 2 is 2.11 bits per heavy atom. The van der Waals surface area contributed by atoms with Crippen LogP contribution in [0.2, 0.25) is 0 Å². The molecule has 0 spiro atoms. The molecule has 1 atom stereocenters. The van der Waals surface area contributed by atoms with Crippen molar-refractivity contribution in [1.82, 2.24) is 5.32 Å². The van der Waals surface area contributed by atoms with Gasteiger partial charge in [0, 0.05) is 12.6 Å². The molecule has 1 rings (SSSR count). The fourth-order valence-electron chi connectivity index (χ4n) is 1.58. The van der Waals surface area contributed by atoms with Gasteiger partial charge in [0.05, 0.1) is 0 Å². The maximum Gasteiger partial charge on any atom is 0.152 e. The van der Waals surface area contributed by atoms with Gasteiger partial charge in [0.1, 0.15) is 11.9 Å². The lowest BCUT2D eigenvalue weighted by Gasteiger charge is -2.17. The first-order chi connectivity index (χ1) is 8.97. The standard InChI is InChI=1S/C16H23NO2/c1-12(2)17-11-14(4)19-16-7-5-6-15(10-16)9-8-13(3)18/h5-10,12,14,17H,11H2,1-4H3/b9-8+/t14-/m1/s1. The van der Waals surface area contributed by atoms with Crippen molar-refractivity contribution in [3.05, 3.63) is 35.9 Å². The van der Waals surface area contributed by atoms with Crippen molar-refractivity contribution >= 4 is 11.9 Å². The number of carbonyl (C=O) groups excluding carboxylic acids is 1. The summed E-state index contributed by atoms with van der Waals surface area (Å²) < 4.78 is 5.83. The highest BCUT2D eigenvalue weighted by atomic mass is 16.5. The number of allylic oxidation sites excluding steroid dienone is 1. The van der Waals surface area contributed by atoms with Gasteiger partial charge in [-0.05, 0) is 37.6 Å². The summed E-state index contributed by atoms with van der Waals surface area (Å²) in [5.74, 6) is 0.865. The first-order valence-electron chi connectivity index (χ1n) is 6.66. The Morgan fingerprint density at radius 1 is 1.37 bits per heavy atom. The van der Waals surface area contributed by atoms with Crippen LogP contribution >= 0.6 is 0 Å². The third kappa shape index (κ3) is 6.77. The van der Waals surface area contributed by atoms with E-state index in [0.717, 1.165) is 17.9 Å². The zero-order valence-electron chi connectivity index (χ0n) is 12.1. The van der Waals surface area contributed by atoms with Crippen molar-refractivity contribution < 1.29 is 9.53 Å². The van der Waals surface area contributed by atoms with Crippen LogP contribution in [0.1, 0.15) is 33.3 Å². The van der Waals surface area contributed by atoms with Gasteiger partial charge in [-0.2, -0.15) is 0 Å². The van der Waals surface area contributed by atoms with E-state index >= 15 is 0 Å². The molecule has 0 amide bonds. The third-order valence-electron chi connectivity index (χ3n) is 2.52. The van der Waals surface area contributed by atoms with Crippen LogP contribution in [0.5, 0.6) is 5.75 Å². The Morgan fingerprint density at radius 3 is 2.74 bits per heavy atom. The third-order valence-corrected chi connectivity index (χ3v) is 2.52. The number of ether oxygens (including phenoxy) is 1. The molecule has 1 aromatic rings. The van der Waals surface area contributed by atoms with Crippen molar-refractivity contribution in [3.63, 3.8) is 0 Å². The number of benzene rings is 1. The van der Waals surface area contributed by atoms with Crippen LogP contribution in [0.3, 0.4) is 0 Å². The molecule has 104 valence electrons. The van der Waals surface area contributed by atoms with E-state index in [0.29, 0.717) is 6.04 Å². The number of nitrogens with one attached hydrogen (secondary N) is 1. The van der Waals surface area contributed by atoms with E-state index < -0.39 is 0 Å². The first kappa shape index (κ1) is 15.4. The summed E-state index contributed by atoms with van der Waals surface area (Å²) in [5, 5.41) is 3.34. The van der Waals surface area contributed by atoms with Crippen LogP contribution in [-0.2, 0) is 4.79 Å². The zero-order chi connectivity index (χ0) is 14.3. The molecular formula is C16H23NO2. The van der Waals surface area contributed by atoms with Gasteiger partial charge in [0.25, 0.3) is 0 Å². The molecule has 0 radical (unpaired) electrons. The molecule has 0 unspecified atom stereocenters. The van der Waals surface area contributed by atoms with E-state index in [4.69, 9.17) is 4.74 Å². The van der Waals surface area contributed by atoms with Crippen LogP contribution in [0.4, 0.5) is 0 Å². The first-order valence-corrected chi connectivity index (χ1v) is 6.66. The molecule has 0 aliphatic heterocycles. The SMILES string of the molecule is CC(=O)/C=C/c1cccc(O[C@H](C)CNC(C)C)c1. The lowest BCUT2D eigenvalue weighted by Crippen LogP contribution is -2.33. The molecular weight excluding hydrogens is 238 g/mol. The van der Waals surface area contributed by atoms with E-state index in [2.05, 4.69) is 19.2 Å². The second kappa shape index (κ2) is 7.74. The Kier molecular flexibility index (Phi) is 6.30. The molecule has 1 aromatic carbocycles. The van der Waals surface area contributed by atoms with Crippen LogP contribution in [0.25, 0.3) is 6.08 Å². The monoisotopic (exact) mass is 261 g/mol. The van der Waals surface area contributed by atoms with E-state index in [1.54, 1.807) is 12.2 Å². The fourth-order valence-corrected chi connectivity index (χ4v) is 1.58. The molecule has 19 heavy (non-hydrogen) atoms. The summed E-state index contributed by atoms with van der Waals surface area (Å²) in [5.41, 5.74) is 0.969. The molecule has 0 aliphatic carbocycles. The quantitative estimate of drug-likeness (QED) is 0.767. The topological polar surface area (TPSA) is 38.3 Å². The predicted molar refractivity (Wildman–Crippen MR) is 79.4 cm³/mol. The average molecular weight is 261 g/mol. The number of hydrogen-bond acceptors (Lipinski definition) is 3. The summed E-state index contributed by atoms with van der Waals surface area (Å²) in [6.07, 6.45) is 3.46. The van der Waals surface area contributed by atoms with Gasteiger partial charge in [-0.3, -0.25) is 4.79 Å². The van der Waals surface area contributed by atoms with Gasteiger partial charge in [0.15, 0.2) is 5.78 Å².